The molecule has 1 aromatic rings. The Labute approximate surface area is 97.6 Å². The molecule has 88 valence electrons. The largest absolute Gasteiger partial charge is 0.324 e. The van der Waals surface area contributed by atoms with Crippen LogP contribution in [0, 0.1) is 27.6 Å². The summed E-state index contributed by atoms with van der Waals surface area (Å²) in [6, 6.07) is 0. The number of nitrogens with zero attached hydrogens (tertiary/aromatic N) is 1. The van der Waals surface area contributed by atoms with Gasteiger partial charge in [0.05, 0.1) is 9.82 Å². The van der Waals surface area contributed by atoms with Gasteiger partial charge >= 0.3 is 5.69 Å². The van der Waals surface area contributed by atoms with Crippen LogP contribution >= 0.6 is 23.5 Å². The van der Waals surface area contributed by atoms with E-state index in [1.54, 1.807) is 0 Å². The molecule has 0 fully saturated rings. The number of hydrogen-bond acceptors (Lipinski definition) is 4. The zero-order chi connectivity index (χ0) is 12.5. The number of hydrogen-bond donors (Lipinski definition) is 0. The first-order valence-corrected chi connectivity index (χ1v) is 6.33. The molecule has 0 saturated heterocycles. The van der Waals surface area contributed by atoms with Crippen LogP contribution in [0.4, 0.5) is 18.9 Å². The maximum absolute atomic E-state index is 13.6. The van der Waals surface area contributed by atoms with Gasteiger partial charge in [-0.25, -0.2) is 8.78 Å². The lowest BCUT2D eigenvalue weighted by molar-refractivity contribution is -0.391. The molecule has 0 radical (unpaired) electrons. The Hall–Kier alpha value is -0.890. The number of nitro benzene ring substituents is 1. The first kappa shape index (κ1) is 13.2. The molecule has 0 saturated carbocycles. The van der Waals surface area contributed by atoms with Crippen LogP contribution in [0.25, 0.3) is 0 Å². The van der Waals surface area contributed by atoms with Crippen LogP contribution in [0.15, 0.2) is 9.79 Å². The summed E-state index contributed by atoms with van der Waals surface area (Å²) in [7, 11) is 0. The molecule has 3 nitrogen and oxygen atoms in total. The van der Waals surface area contributed by atoms with Crippen molar-refractivity contribution >= 4 is 29.2 Å². The van der Waals surface area contributed by atoms with E-state index < -0.39 is 37.9 Å². The van der Waals surface area contributed by atoms with E-state index in [1.165, 1.54) is 12.5 Å². The van der Waals surface area contributed by atoms with E-state index >= 15 is 0 Å². The monoisotopic (exact) mass is 269 g/mol. The molecule has 0 N–H and O–H groups in total. The summed E-state index contributed by atoms with van der Waals surface area (Å²) in [6.45, 7) is 0. The third kappa shape index (κ3) is 1.99. The first-order chi connectivity index (χ1) is 7.45. The minimum atomic E-state index is -1.62. The van der Waals surface area contributed by atoms with Crippen molar-refractivity contribution in [2.24, 2.45) is 0 Å². The van der Waals surface area contributed by atoms with Crippen molar-refractivity contribution in [3.8, 4) is 0 Å². The molecule has 0 atom stereocenters. The quantitative estimate of drug-likeness (QED) is 0.365. The molecule has 0 bridgehead atoms. The molecule has 1 aromatic carbocycles. The number of thioether (sulfide) groups is 2. The van der Waals surface area contributed by atoms with Crippen LogP contribution in [0.5, 0.6) is 0 Å². The van der Waals surface area contributed by atoms with Crippen molar-refractivity contribution in [2.75, 3.05) is 12.5 Å². The van der Waals surface area contributed by atoms with Crippen LogP contribution in [0.2, 0.25) is 0 Å². The Morgan fingerprint density at radius 1 is 1.00 bits per heavy atom. The van der Waals surface area contributed by atoms with Crippen molar-refractivity contribution in [1.29, 1.82) is 0 Å². The molecule has 0 unspecified atom stereocenters. The molecule has 0 amide bonds. The Bertz CT molecular complexity index is 454. The smallest absolute Gasteiger partial charge is 0.258 e. The second kappa shape index (κ2) is 4.96. The molecule has 0 spiro atoms. The maximum atomic E-state index is 13.6. The summed E-state index contributed by atoms with van der Waals surface area (Å²) < 4.78 is 40.1. The fourth-order valence-corrected chi connectivity index (χ4v) is 2.39. The van der Waals surface area contributed by atoms with Crippen LogP contribution < -0.4 is 0 Å². The van der Waals surface area contributed by atoms with Gasteiger partial charge in [0.2, 0.25) is 5.82 Å². The zero-order valence-corrected chi connectivity index (χ0v) is 9.85. The Kier molecular flexibility index (Phi) is 4.09. The van der Waals surface area contributed by atoms with E-state index in [4.69, 9.17) is 0 Å². The third-order valence-corrected chi connectivity index (χ3v) is 3.35. The fraction of sp³-hybridized carbons (Fsp3) is 0.250. The van der Waals surface area contributed by atoms with Crippen LogP contribution in [0.3, 0.4) is 0 Å². The predicted octanol–water partition coefficient (Wildman–Crippen LogP) is 3.46. The van der Waals surface area contributed by atoms with Gasteiger partial charge in [-0.2, -0.15) is 4.39 Å². The van der Waals surface area contributed by atoms with Crippen molar-refractivity contribution < 1.29 is 18.1 Å². The van der Waals surface area contributed by atoms with E-state index in [1.807, 2.05) is 0 Å². The number of benzene rings is 1. The summed E-state index contributed by atoms with van der Waals surface area (Å²) >= 11 is 1.33. The van der Waals surface area contributed by atoms with Crippen molar-refractivity contribution in [1.82, 2.24) is 0 Å². The van der Waals surface area contributed by atoms with Crippen LogP contribution in [-0.2, 0) is 0 Å². The second-order valence-electron chi connectivity index (χ2n) is 2.61. The third-order valence-electron chi connectivity index (χ3n) is 1.80. The molecule has 0 aliphatic carbocycles. The van der Waals surface area contributed by atoms with Gasteiger partial charge < -0.3 is 0 Å². The van der Waals surface area contributed by atoms with Crippen LogP contribution in [0.1, 0.15) is 0 Å². The van der Waals surface area contributed by atoms with Gasteiger partial charge in [-0.05, 0) is 12.5 Å². The highest BCUT2D eigenvalue weighted by Crippen LogP contribution is 2.39. The molecular weight excluding hydrogens is 263 g/mol. The second-order valence-corrected chi connectivity index (χ2v) is 4.25. The van der Waals surface area contributed by atoms with Crippen molar-refractivity contribution in [3.05, 3.63) is 27.6 Å². The lowest BCUT2D eigenvalue weighted by atomic mass is 10.3. The summed E-state index contributed by atoms with van der Waals surface area (Å²) in [5.41, 5.74) is -1.15. The molecule has 0 aliphatic rings. The van der Waals surface area contributed by atoms with Crippen LogP contribution in [-0.4, -0.2) is 17.4 Å². The van der Waals surface area contributed by atoms with Gasteiger partial charge in [0.15, 0.2) is 11.6 Å². The zero-order valence-electron chi connectivity index (χ0n) is 8.21. The lowest BCUT2D eigenvalue weighted by Gasteiger charge is -2.07. The average Bonchev–Trinajstić information content (AvgIpc) is 2.23. The molecule has 0 aromatic heterocycles. The highest BCUT2D eigenvalue weighted by Gasteiger charge is 2.31. The number of rotatable bonds is 3. The van der Waals surface area contributed by atoms with Gasteiger partial charge in [0, 0.05) is 0 Å². The van der Waals surface area contributed by atoms with Gasteiger partial charge in [0.1, 0.15) is 4.90 Å². The standard InChI is InChI=1S/C8H6F3NO2S2/c1-15-7-4(10)3(9)6(12(13)14)8(16-2)5(7)11/h1-2H3. The van der Waals surface area contributed by atoms with E-state index in [0.717, 1.165) is 0 Å². The normalized spacial score (nSPS) is 10.6. The van der Waals surface area contributed by atoms with Gasteiger partial charge in [0.25, 0.3) is 0 Å². The molecular formula is C8H6F3NO2S2. The van der Waals surface area contributed by atoms with E-state index in [9.17, 15) is 23.3 Å². The minimum Gasteiger partial charge on any atom is -0.258 e. The molecule has 8 heteroatoms. The topological polar surface area (TPSA) is 43.1 Å². The predicted molar refractivity (Wildman–Crippen MR) is 56.5 cm³/mol. The summed E-state index contributed by atoms with van der Waals surface area (Å²) in [4.78, 5) is 8.35. The number of halogens is 3. The average molecular weight is 269 g/mol. The fourth-order valence-electron chi connectivity index (χ4n) is 1.14. The summed E-state index contributed by atoms with van der Waals surface area (Å²) in [5.74, 6) is -4.24. The maximum Gasteiger partial charge on any atom is 0.324 e. The van der Waals surface area contributed by atoms with E-state index in [2.05, 4.69) is 0 Å². The number of nitro groups is 1. The summed E-state index contributed by atoms with van der Waals surface area (Å²) in [5, 5.41) is 10.5. The minimum absolute atomic E-state index is 0.492. The molecule has 1 rings (SSSR count). The first-order valence-electron chi connectivity index (χ1n) is 3.88. The van der Waals surface area contributed by atoms with E-state index in [-0.39, 0.29) is 0 Å². The lowest BCUT2D eigenvalue weighted by Crippen LogP contribution is -2.03. The van der Waals surface area contributed by atoms with Gasteiger partial charge in [-0.1, -0.05) is 0 Å². The Balaban J connectivity index is 3.70. The molecule has 16 heavy (non-hydrogen) atoms. The van der Waals surface area contributed by atoms with Gasteiger partial charge in [-0.3, -0.25) is 10.1 Å². The highest BCUT2D eigenvalue weighted by atomic mass is 32.2. The highest BCUT2D eigenvalue weighted by molar-refractivity contribution is 7.99. The Morgan fingerprint density at radius 2 is 1.50 bits per heavy atom. The van der Waals surface area contributed by atoms with Crippen molar-refractivity contribution in [2.45, 2.75) is 9.79 Å². The Morgan fingerprint density at radius 3 is 1.88 bits per heavy atom. The van der Waals surface area contributed by atoms with Gasteiger partial charge in [-0.15, -0.1) is 23.5 Å². The van der Waals surface area contributed by atoms with E-state index in [0.29, 0.717) is 23.5 Å². The summed E-state index contributed by atoms with van der Waals surface area (Å²) in [6.07, 6.45) is 2.71. The molecule has 0 aliphatic heterocycles. The molecule has 0 heterocycles. The SMILES string of the molecule is CSc1c(F)c(F)c([N+](=O)[O-])c(SC)c1F. The van der Waals surface area contributed by atoms with Crippen molar-refractivity contribution in [3.63, 3.8) is 0 Å².